The highest BCUT2D eigenvalue weighted by molar-refractivity contribution is 6.34. The molecule has 0 saturated heterocycles. The Bertz CT molecular complexity index is 755. The first-order valence-electron chi connectivity index (χ1n) is 7.71. The maximum atomic E-state index is 12.6. The summed E-state index contributed by atoms with van der Waals surface area (Å²) in [6.07, 6.45) is 1.64. The molecule has 2 rings (SSSR count). The molecule has 0 aliphatic heterocycles. The summed E-state index contributed by atoms with van der Waals surface area (Å²) in [4.78, 5) is 23.7. The summed E-state index contributed by atoms with van der Waals surface area (Å²) in [5.41, 5.74) is 0.800. The number of carbonyl (C=O) groups excluding carboxylic acids is 2. The Kier molecular flexibility index (Phi) is 5.62. The van der Waals surface area contributed by atoms with Crippen LogP contribution in [0.4, 0.5) is 11.5 Å². The van der Waals surface area contributed by atoms with Gasteiger partial charge in [-0.1, -0.05) is 25.4 Å². The number of benzene rings is 1. The Hall–Kier alpha value is -2.34. The van der Waals surface area contributed by atoms with Gasteiger partial charge in [-0.2, -0.15) is 5.10 Å². The average Bonchev–Trinajstić information content (AvgIpc) is 2.95. The molecule has 0 unspecified atom stereocenters. The van der Waals surface area contributed by atoms with Gasteiger partial charge in [0.25, 0.3) is 5.91 Å². The predicted octanol–water partition coefficient (Wildman–Crippen LogP) is 3.96. The third-order valence-corrected chi connectivity index (χ3v) is 4.12. The first-order chi connectivity index (χ1) is 11.3. The van der Waals surface area contributed by atoms with Crippen LogP contribution in [0, 0.1) is 5.92 Å². The lowest BCUT2D eigenvalue weighted by Crippen LogP contribution is -2.20. The molecule has 0 spiro atoms. The van der Waals surface area contributed by atoms with Crippen molar-refractivity contribution in [2.24, 2.45) is 5.92 Å². The maximum absolute atomic E-state index is 12.6. The van der Waals surface area contributed by atoms with Crippen LogP contribution in [-0.4, -0.2) is 21.6 Å². The molecule has 0 radical (unpaired) electrons. The molecule has 2 amide bonds. The third-order valence-electron chi connectivity index (χ3n) is 3.79. The van der Waals surface area contributed by atoms with Crippen LogP contribution in [0.1, 0.15) is 44.1 Å². The van der Waals surface area contributed by atoms with E-state index in [0.29, 0.717) is 22.4 Å². The number of carbonyl (C=O) groups is 2. The van der Waals surface area contributed by atoms with Gasteiger partial charge in [-0.25, -0.2) is 4.68 Å². The van der Waals surface area contributed by atoms with E-state index in [0.717, 1.165) is 0 Å². The van der Waals surface area contributed by atoms with Crippen molar-refractivity contribution in [3.63, 3.8) is 0 Å². The lowest BCUT2D eigenvalue weighted by atomic mass is 10.1. The van der Waals surface area contributed by atoms with Gasteiger partial charge >= 0.3 is 0 Å². The molecule has 0 aliphatic rings. The van der Waals surface area contributed by atoms with E-state index in [4.69, 9.17) is 11.6 Å². The quantitative estimate of drug-likeness (QED) is 0.858. The fraction of sp³-hybridized carbons (Fsp3) is 0.353. The number of hydrogen-bond donors (Lipinski definition) is 2. The number of amides is 2. The van der Waals surface area contributed by atoms with Crippen LogP contribution < -0.4 is 10.6 Å². The summed E-state index contributed by atoms with van der Waals surface area (Å²) in [7, 11) is 0. The van der Waals surface area contributed by atoms with Gasteiger partial charge in [0.15, 0.2) is 0 Å². The molecule has 1 heterocycles. The second-order valence-electron chi connectivity index (χ2n) is 5.98. The van der Waals surface area contributed by atoms with E-state index in [1.807, 2.05) is 6.92 Å². The first kappa shape index (κ1) is 18.0. The largest absolute Gasteiger partial charge is 0.326 e. The molecule has 1 aromatic heterocycles. The SMILES string of the molecule is CC(=O)Nc1ccc(Cl)c(C(=O)Nc2ccnn2[C@@H](C)C(C)C)c1. The molecule has 2 N–H and O–H groups in total. The van der Waals surface area contributed by atoms with Crippen LogP contribution in [0.5, 0.6) is 0 Å². The molecule has 0 fully saturated rings. The number of rotatable bonds is 5. The van der Waals surface area contributed by atoms with Gasteiger partial charge in [-0.15, -0.1) is 0 Å². The van der Waals surface area contributed by atoms with Crippen molar-refractivity contribution in [1.29, 1.82) is 0 Å². The molecule has 0 aliphatic carbocycles. The van der Waals surface area contributed by atoms with Crippen molar-refractivity contribution in [3.05, 3.63) is 41.0 Å². The van der Waals surface area contributed by atoms with Crippen LogP contribution in [0.15, 0.2) is 30.5 Å². The van der Waals surface area contributed by atoms with E-state index in [1.165, 1.54) is 6.92 Å². The highest BCUT2D eigenvalue weighted by Gasteiger charge is 2.17. The number of hydrogen-bond acceptors (Lipinski definition) is 3. The van der Waals surface area contributed by atoms with Gasteiger partial charge in [-0.05, 0) is 31.0 Å². The van der Waals surface area contributed by atoms with E-state index < -0.39 is 0 Å². The monoisotopic (exact) mass is 348 g/mol. The van der Waals surface area contributed by atoms with Gasteiger partial charge in [0.2, 0.25) is 5.91 Å². The van der Waals surface area contributed by atoms with Gasteiger partial charge in [0.1, 0.15) is 5.82 Å². The van der Waals surface area contributed by atoms with Crippen LogP contribution in [0.2, 0.25) is 5.02 Å². The first-order valence-corrected chi connectivity index (χ1v) is 8.09. The van der Waals surface area contributed by atoms with Crippen molar-refractivity contribution in [1.82, 2.24) is 9.78 Å². The van der Waals surface area contributed by atoms with E-state index in [9.17, 15) is 9.59 Å². The highest BCUT2D eigenvalue weighted by atomic mass is 35.5. The van der Waals surface area contributed by atoms with Crippen LogP contribution in [-0.2, 0) is 4.79 Å². The summed E-state index contributed by atoms with van der Waals surface area (Å²) in [6.45, 7) is 7.62. The van der Waals surface area contributed by atoms with Crippen molar-refractivity contribution < 1.29 is 9.59 Å². The summed E-state index contributed by atoms with van der Waals surface area (Å²) in [6, 6.07) is 6.64. The van der Waals surface area contributed by atoms with E-state index >= 15 is 0 Å². The van der Waals surface area contributed by atoms with E-state index in [-0.39, 0.29) is 23.4 Å². The molecule has 0 bridgehead atoms. The number of anilines is 2. The summed E-state index contributed by atoms with van der Waals surface area (Å²) >= 11 is 6.12. The molecular weight excluding hydrogens is 328 g/mol. The summed E-state index contributed by atoms with van der Waals surface area (Å²) in [5, 5.41) is 10.0. The Labute approximate surface area is 146 Å². The standard InChI is InChI=1S/C17H21ClN4O2/c1-10(2)11(3)22-16(7-8-19-22)21-17(24)14-9-13(20-12(4)23)5-6-15(14)18/h5-11H,1-4H3,(H,20,23)(H,21,24)/t11-/m0/s1. The summed E-state index contributed by atoms with van der Waals surface area (Å²) < 4.78 is 1.77. The van der Waals surface area contributed by atoms with Gasteiger partial charge < -0.3 is 10.6 Å². The molecule has 6 nitrogen and oxygen atoms in total. The molecule has 128 valence electrons. The van der Waals surface area contributed by atoms with Gasteiger partial charge in [0, 0.05) is 18.7 Å². The van der Waals surface area contributed by atoms with Crippen LogP contribution >= 0.6 is 11.6 Å². The zero-order valence-electron chi connectivity index (χ0n) is 14.1. The number of aromatic nitrogens is 2. The minimum atomic E-state index is -0.357. The smallest absolute Gasteiger partial charge is 0.258 e. The maximum Gasteiger partial charge on any atom is 0.258 e. The number of nitrogens with zero attached hydrogens (tertiary/aromatic N) is 2. The second-order valence-corrected chi connectivity index (χ2v) is 6.38. The average molecular weight is 349 g/mol. The van der Waals surface area contributed by atoms with Crippen molar-refractivity contribution >= 4 is 34.9 Å². The van der Waals surface area contributed by atoms with Crippen molar-refractivity contribution in [2.45, 2.75) is 33.7 Å². The predicted molar refractivity (Wildman–Crippen MR) is 95.5 cm³/mol. The Morgan fingerprint density at radius 3 is 2.50 bits per heavy atom. The third kappa shape index (κ3) is 4.14. The van der Waals surface area contributed by atoms with Crippen molar-refractivity contribution in [2.75, 3.05) is 10.6 Å². The molecule has 7 heteroatoms. The molecule has 24 heavy (non-hydrogen) atoms. The Morgan fingerprint density at radius 2 is 1.88 bits per heavy atom. The minimum absolute atomic E-state index is 0.136. The molecular formula is C17H21ClN4O2. The van der Waals surface area contributed by atoms with E-state index in [2.05, 4.69) is 29.6 Å². The van der Waals surface area contributed by atoms with Gasteiger partial charge in [-0.3, -0.25) is 9.59 Å². The normalized spacial score (nSPS) is 12.1. The molecule has 2 aromatic rings. The topological polar surface area (TPSA) is 76.0 Å². The second kappa shape index (κ2) is 7.49. The van der Waals surface area contributed by atoms with Crippen LogP contribution in [0.3, 0.4) is 0 Å². The molecule has 1 aromatic carbocycles. The highest BCUT2D eigenvalue weighted by Crippen LogP contribution is 2.24. The lowest BCUT2D eigenvalue weighted by Gasteiger charge is -2.19. The molecule has 0 saturated carbocycles. The zero-order valence-corrected chi connectivity index (χ0v) is 14.9. The fourth-order valence-corrected chi connectivity index (χ4v) is 2.39. The zero-order chi connectivity index (χ0) is 17.9. The van der Waals surface area contributed by atoms with E-state index in [1.54, 1.807) is 35.1 Å². The van der Waals surface area contributed by atoms with Crippen LogP contribution in [0.25, 0.3) is 0 Å². The number of halogens is 1. The Morgan fingerprint density at radius 1 is 1.17 bits per heavy atom. The van der Waals surface area contributed by atoms with Crippen molar-refractivity contribution in [3.8, 4) is 0 Å². The van der Waals surface area contributed by atoms with Gasteiger partial charge in [0.05, 0.1) is 22.8 Å². The summed E-state index contributed by atoms with van der Waals surface area (Å²) in [5.74, 6) is 0.395. The Balaban J connectivity index is 2.25. The molecule has 1 atom stereocenters. The lowest BCUT2D eigenvalue weighted by molar-refractivity contribution is -0.114. The fourth-order valence-electron chi connectivity index (χ4n) is 2.18. The minimum Gasteiger partial charge on any atom is -0.326 e. The number of nitrogens with one attached hydrogen (secondary N) is 2.